The van der Waals surface area contributed by atoms with E-state index in [9.17, 15) is 4.79 Å². The molecule has 1 aromatic heterocycles. The zero-order valence-electron chi connectivity index (χ0n) is 11.9. The lowest BCUT2D eigenvalue weighted by molar-refractivity contribution is 0.187. The number of benzene rings is 1. The van der Waals surface area contributed by atoms with Crippen LogP contribution in [0.25, 0.3) is 11.0 Å². The highest BCUT2D eigenvalue weighted by atomic mass is 35.5. The third-order valence-electron chi connectivity index (χ3n) is 4.24. The fourth-order valence-corrected chi connectivity index (χ4v) is 3.49. The van der Waals surface area contributed by atoms with E-state index in [1.165, 1.54) is 6.42 Å². The van der Waals surface area contributed by atoms with Crippen molar-refractivity contribution in [1.82, 2.24) is 14.5 Å². The average Bonchev–Trinajstić information content (AvgIpc) is 2.98. The van der Waals surface area contributed by atoms with Gasteiger partial charge in [-0.05, 0) is 45.4 Å². The molecule has 1 saturated heterocycles. The lowest BCUT2D eigenvalue weighted by Gasteiger charge is -2.28. The van der Waals surface area contributed by atoms with Crippen LogP contribution in [0.5, 0.6) is 0 Å². The molecule has 20 heavy (non-hydrogen) atoms. The van der Waals surface area contributed by atoms with E-state index in [4.69, 9.17) is 11.6 Å². The van der Waals surface area contributed by atoms with Crippen LogP contribution in [0.1, 0.15) is 26.7 Å². The summed E-state index contributed by atoms with van der Waals surface area (Å²) in [7, 11) is 0. The van der Waals surface area contributed by atoms with E-state index >= 15 is 0 Å². The molecule has 0 radical (unpaired) electrons. The second kappa shape index (κ2) is 5.26. The van der Waals surface area contributed by atoms with Crippen molar-refractivity contribution in [3.63, 3.8) is 0 Å². The van der Waals surface area contributed by atoms with Crippen molar-refractivity contribution in [2.24, 2.45) is 0 Å². The van der Waals surface area contributed by atoms with E-state index in [-0.39, 0.29) is 5.69 Å². The molecular formula is C15H20ClN3O. The molecule has 0 amide bonds. The lowest BCUT2D eigenvalue weighted by Crippen LogP contribution is -2.39. The number of hydrogen-bond donors (Lipinski definition) is 1. The van der Waals surface area contributed by atoms with Crippen LogP contribution in [0.4, 0.5) is 0 Å². The summed E-state index contributed by atoms with van der Waals surface area (Å²) < 4.78 is 1.83. The zero-order valence-corrected chi connectivity index (χ0v) is 12.7. The Labute approximate surface area is 123 Å². The third-order valence-corrected chi connectivity index (χ3v) is 4.55. The van der Waals surface area contributed by atoms with Gasteiger partial charge in [0.25, 0.3) is 0 Å². The number of aromatic amines is 1. The first-order valence-electron chi connectivity index (χ1n) is 7.20. The first-order valence-corrected chi connectivity index (χ1v) is 7.58. The van der Waals surface area contributed by atoms with Gasteiger partial charge in [0.1, 0.15) is 0 Å². The summed E-state index contributed by atoms with van der Waals surface area (Å²) in [6.07, 6.45) is 2.36. The highest BCUT2D eigenvalue weighted by Gasteiger charge is 2.27. The maximum atomic E-state index is 12.2. The fourth-order valence-electron chi connectivity index (χ4n) is 3.27. The van der Waals surface area contributed by atoms with Gasteiger partial charge in [0.2, 0.25) is 0 Å². The van der Waals surface area contributed by atoms with Gasteiger partial charge in [-0.25, -0.2) is 4.79 Å². The van der Waals surface area contributed by atoms with Crippen LogP contribution in [0.2, 0.25) is 5.02 Å². The van der Waals surface area contributed by atoms with Crippen molar-refractivity contribution >= 4 is 22.6 Å². The number of halogens is 1. The normalized spacial score (nSPS) is 20.3. The third kappa shape index (κ3) is 2.27. The minimum absolute atomic E-state index is 0.0660. The van der Waals surface area contributed by atoms with E-state index in [0.29, 0.717) is 17.1 Å². The second-order valence-electron chi connectivity index (χ2n) is 5.80. The number of H-pyrrole nitrogens is 1. The molecule has 2 aromatic rings. The van der Waals surface area contributed by atoms with E-state index in [2.05, 4.69) is 23.7 Å². The Bertz CT molecular complexity index is 673. The number of likely N-dealkylation sites (tertiary alicyclic amines) is 1. The number of para-hydroxylation sites is 1. The minimum Gasteiger partial charge on any atom is -0.304 e. The van der Waals surface area contributed by atoms with Crippen molar-refractivity contribution in [2.45, 2.75) is 45.3 Å². The molecule has 0 saturated carbocycles. The molecule has 108 valence electrons. The summed E-state index contributed by atoms with van der Waals surface area (Å²) in [5.41, 5.74) is 1.58. The van der Waals surface area contributed by atoms with Gasteiger partial charge in [0.15, 0.2) is 0 Å². The van der Waals surface area contributed by atoms with Crippen LogP contribution in [0, 0.1) is 0 Å². The van der Waals surface area contributed by atoms with Gasteiger partial charge >= 0.3 is 5.69 Å². The number of rotatable bonds is 3. The quantitative estimate of drug-likeness (QED) is 0.945. The molecule has 1 fully saturated rings. The molecule has 1 atom stereocenters. The van der Waals surface area contributed by atoms with Gasteiger partial charge in [-0.2, -0.15) is 0 Å². The molecule has 1 N–H and O–H groups in total. The second-order valence-corrected chi connectivity index (χ2v) is 6.21. The SMILES string of the molecule is CC(C)N1CCCC1Cn1c(=O)[nH]c2c(Cl)cccc21. The number of nitrogens with zero attached hydrogens (tertiary/aromatic N) is 2. The van der Waals surface area contributed by atoms with Crippen LogP contribution >= 0.6 is 11.6 Å². The Hall–Kier alpha value is -1.26. The highest BCUT2D eigenvalue weighted by Crippen LogP contribution is 2.24. The topological polar surface area (TPSA) is 41.0 Å². The highest BCUT2D eigenvalue weighted by molar-refractivity contribution is 6.34. The largest absolute Gasteiger partial charge is 0.326 e. The zero-order chi connectivity index (χ0) is 14.3. The molecule has 2 heterocycles. The van der Waals surface area contributed by atoms with Gasteiger partial charge in [-0.1, -0.05) is 17.7 Å². The predicted molar refractivity (Wildman–Crippen MR) is 82.4 cm³/mol. The lowest BCUT2D eigenvalue weighted by atomic mass is 10.2. The average molecular weight is 294 g/mol. The Kier molecular flexibility index (Phi) is 3.61. The number of nitrogens with one attached hydrogen (secondary N) is 1. The van der Waals surface area contributed by atoms with Crippen LogP contribution in [-0.2, 0) is 6.54 Å². The molecule has 4 nitrogen and oxygen atoms in total. The van der Waals surface area contributed by atoms with Crippen molar-refractivity contribution < 1.29 is 0 Å². The molecule has 1 aromatic carbocycles. The fraction of sp³-hybridized carbons (Fsp3) is 0.533. The van der Waals surface area contributed by atoms with Gasteiger partial charge in [-0.3, -0.25) is 9.47 Å². The maximum absolute atomic E-state index is 12.2. The van der Waals surface area contributed by atoms with Gasteiger partial charge < -0.3 is 4.98 Å². The standard InChI is InChI=1S/C15H20ClN3O/c1-10(2)18-8-4-5-11(18)9-19-13-7-3-6-12(16)14(13)17-15(19)20/h3,6-7,10-11H,4-5,8-9H2,1-2H3,(H,17,20). The molecule has 1 aliphatic heterocycles. The summed E-state index contributed by atoms with van der Waals surface area (Å²) in [6.45, 7) is 6.29. The van der Waals surface area contributed by atoms with Crippen molar-refractivity contribution in [3.05, 3.63) is 33.7 Å². The summed E-state index contributed by atoms with van der Waals surface area (Å²) in [5, 5.41) is 0.602. The molecule has 0 aliphatic carbocycles. The maximum Gasteiger partial charge on any atom is 0.326 e. The van der Waals surface area contributed by atoms with Crippen LogP contribution in [0.3, 0.4) is 0 Å². The summed E-state index contributed by atoms with van der Waals surface area (Å²) in [6, 6.07) is 6.61. The smallest absolute Gasteiger partial charge is 0.304 e. The van der Waals surface area contributed by atoms with Crippen LogP contribution in [-0.4, -0.2) is 33.1 Å². The predicted octanol–water partition coefficient (Wildman–Crippen LogP) is 2.86. The molecular weight excluding hydrogens is 274 g/mol. The number of hydrogen-bond acceptors (Lipinski definition) is 2. The van der Waals surface area contributed by atoms with Gasteiger partial charge in [0, 0.05) is 18.6 Å². The number of imidazole rings is 1. The van der Waals surface area contributed by atoms with Crippen molar-refractivity contribution in [2.75, 3.05) is 6.54 Å². The first-order chi connectivity index (χ1) is 9.58. The first kappa shape index (κ1) is 13.7. The Morgan fingerprint density at radius 2 is 2.25 bits per heavy atom. The van der Waals surface area contributed by atoms with E-state index in [1.54, 1.807) is 6.07 Å². The van der Waals surface area contributed by atoms with Crippen molar-refractivity contribution in [3.8, 4) is 0 Å². The van der Waals surface area contributed by atoms with Gasteiger partial charge in [0.05, 0.1) is 16.1 Å². The molecule has 1 unspecified atom stereocenters. The molecule has 5 heteroatoms. The van der Waals surface area contributed by atoms with Crippen molar-refractivity contribution in [1.29, 1.82) is 0 Å². The van der Waals surface area contributed by atoms with E-state index in [0.717, 1.165) is 30.5 Å². The number of aromatic nitrogens is 2. The number of fused-ring (bicyclic) bond motifs is 1. The van der Waals surface area contributed by atoms with Gasteiger partial charge in [-0.15, -0.1) is 0 Å². The van der Waals surface area contributed by atoms with Crippen LogP contribution in [0.15, 0.2) is 23.0 Å². The Morgan fingerprint density at radius 1 is 1.45 bits per heavy atom. The Balaban J connectivity index is 1.97. The summed E-state index contributed by atoms with van der Waals surface area (Å²) >= 11 is 6.14. The molecule has 0 bridgehead atoms. The molecule has 0 spiro atoms. The van der Waals surface area contributed by atoms with E-state index in [1.807, 2.05) is 16.7 Å². The molecule has 3 rings (SSSR count). The monoisotopic (exact) mass is 293 g/mol. The summed E-state index contributed by atoms with van der Waals surface area (Å²) in [5.74, 6) is 0. The molecule has 1 aliphatic rings. The van der Waals surface area contributed by atoms with Crippen LogP contribution < -0.4 is 5.69 Å². The Morgan fingerprint density at radius 3 is 3.00 bits per heavy atom. The summed E-state index contributed by atoms with van der Waals surface area (Å²) in [4.78, 5) is 17.5. The van der Waals surface area contributed by atoms with E-state index < -0.39 is 0 Å². The minimum atomic E-state index is -0.0660.